The lowest BCUT2D eigenvalue weighted by molar-refractivity contribution is -0.139. The first-order valence-electron chi connectivity index (χ1n) is 7.65. The molecule has 1 aromatic carbocycles. The zero-order valence-electron chi connectivity index (χ0n) is 13.4. The van der Waals surface area contributed by atoms with Gasteiger partial charge in [0.05, 0.1) is 12.1 Å². The average Bonchev–Trinajstić information content (AvgIpc) is 3.35. The average molecular weight is 368 g/mol. The number of carbonyl (C=O) groups excluding carboxylic acids is 1. The minimum absolute atomic E-state index is 0.278. The first-order valence-corrected chi connectivity index (χ1v) is 8.91. The van der Waals surface area contributed by atoms with E-state index in [-0.39, 0.29) is 17.8 Å². The van der Waals surface area contributed by atoms with Gasteiger partial charge < -0.3 is 9.47 Å². The predicted octanol–water partition coefficient (Wildman–Crippen LogP) is 3.50. The van der Waals surface area contributed by atoms with E-state index in [0.29, 0.717) is 22.0 Å². The van der Waals surface area contributed by atoms with Crippen molar-refractivity contribution in [2.45, 2.75) is 42.8 Å². The van der Waals surface area contributed by atoms with Gasteiger partial charge in [0, 0.05) is 6.04 Å². The zero-order valence-corrected chi connectivity index (χ0v) is 15.0. The fraction of sp³-hybridized carbons (Fsp3) is 0.438. The molecule has 1 aromatic heterocycles. The minimum Gasteiger partial charge on any atom is -0.484 e. The van der Waals surface area contributed by atoms with Crippen LogP contribution in [-0.4, -0.2) is 33.1 Å². The van der Waals surface area contributed by atoms with Crippen molar-refractivity contribution in [3.8, 4) is 5.75 Å². The number of esters is 1. The zero-order chi connectivity index (χ0) is 17.1. The maximum absolute atomic E-state index is 11.6. The van der Waals surface area contributed by atoms with Crippen LogP contribution < -0.4 is 4.74 Å². The molecular weight excluding hydrogens is 350 g/mol. The Morgan fingerprint density at radius 1 is 1.42 bits per heavy atom. The number of para-hydroxylation sites is 1. The van der Waals surface area contributed by atoms with E-state index in [4.69, 9.17) is 21.1 Å². The number of benzene rings is 1. The topological polar surface area (TPSA) is 66.2 Å². The van der Waals surface area contributed by atoms with Gasteiger partial charge in [0.1, 0.15) is 17.6 Å². The Labute approximate surface area is 149 Å². The molecular formula is C16H18ClN3O3S. The smallest absolute Gasteiger partial charge is 0.318 e. The van der Waals surface area contributed by atoms with Gasteiger partial charge in [-0.3, -0.25) is 9.36 Å². The van der Waals surface area contributed by atoms with Gasteiger partial charge in [-0.2, -0.15) is 0 Å². The molecule has 0 radical (unpaired) electrons. The quantitative estimate of drug-likeness (QED) is 0.551. The fourth-order valence-electron chi connectivity index (χ4n) is 2.26. The number of hydrogen-bond donors (Lipinski definition) is 0. The first-order chi connectivity index (χ1) is 11.6. The molecule has 2 aromatic rings. The lowest BCUT2D eigenvalue weighted by Gasteiger charge is -2.12. The number of methoxy groups -OCH3 is 1. The van der Waals surface area contributed by atoms with E-state index in [0.717, 1.165) is 18.7 Å². The molecule has 0 spiro atoms. The molecule has 1 atom stereocenters. The standard InChI is InChI=1S/C16H18ClN3O3S/c1-10(15(21)22-2)24-16-19-18-14(20(16)11-7-8-11)9-23-13-6-4-3-5-12(13)17/h3-6,10-11H,7-9H2,1-2H3/t10-/m1/s1. The summed E-state index contributed by atoms with van der Waals surface area (Å²) in [6.45, 7) is 2.07. The van der Waals surface area contributed by atoms with Gasteiger partial charge in [-0.05, 0) is 31.9 Å². The van der Waals surface area contributed by atoms with Crippen LogP contribution in [0.25, 0.3) is 0 Å². The Hall–Kier alpha value is -1.73. The molecule has 0 saturated heterocycles. The van der Waals surface area contributed by atoms with Crippen LogP contribution >= 0.6 is 23.4 Å². The largest absolute Gasteiger partial charge is 0.484 e. The number of ether oxygens (including phenoxy) is 2. The molecule has 0 N–H and O–H groups in total. The summed E-state index contributed by atoms with van der Waals surface area (Å²) in [4.78, 5) is 11.6. The van der Waals surface area contributed by atoms with E-state index in [9.17, 15) is 4.79 Å². The molecule has 8 heteroatoms. The number of nitrogens with zero attached hydrogens (tertiary/aromatic N) is 3. The van der Waals surface area contributed by atoms with Gasteiger partial charge in [0.25, 0.3) is 0 Å². The summed E-state index contributed by atoms with van der Waals surface area (Å²) in [7, 11) is 1.38. The van der Waals surface area contributed by atoms with Crippen LogP contribution in [0.4, 0.5) is 0 Å². The molecule has 3 rings (SSSR count). The van der Waals surface area contributed by atoms with E-state index in [1.807, 2.05) is 18.2 Å². The van der Waals surface area contributed by atoms with Crippen molar-refractivity contribution in [2.24, 2.45) is 0 Å². The van der Waals surface area contributed by atoms with Crippen molar-refractivity contribution in [3.05, 3.63) is 35.1 Å². The molecule has 1 heterocycles. The predicted molar refractivity (Wildman–Crippen MR) is 91.4 cm³/mol. The summed E-state index contributed by atoms with van der Waals surface area (Å²) >= 11 is 7.46. The second-order valence-electron chi connectivity index (χ2n) is 5.50. The minimum atomic E-state index is -0.339. The van der Waals surface area contributed by atoms with Crippen molar-refractivity contribution in [3.63, 3.8) is 0 Å². The second-order valence-corrected chi connectivity index (χ2v) is 7.22. The van der Waals surface area contributed by atoms with E-state index >= 15 is 0 Å². The number of hydrogen-bond acceptors (Lipinski definition) is 6. The third kappa shape index (κ3) is 3.84. The molecule has 24 heavy (non-hydrogen) atoms. The highest BCUT2D eigenvalue weighted by Gasteiger charge is 2.31. The third-order valence-electron chi connectivity index (χ3n) is 3.66. The normalized spacial score (nSPS) is 15.1. The summed E-state index contributed by atoms with van der Waals surface area (Å²) in [6.07, 6.45) is 2.16. The molecule has 6 nitrogen and oxygen atoms in total. The van der Waals surface area contributed by atoms with Crippen molar-refractivity contribution in [1.82, 2.24) is 14.8 Å². The number of halogens is 1. The van der Waals surface area contributed by atoms with Gasteiger partial charge >= 0.3 is 5.97 Å². The van der Waals surface area contributed by atoms with E-state index < -0.39 is 0 Å². The number of carbonyl (C=O) groups is 1. The molecule has 1 fully saturated rings. The second kappa shape index (κ2) is 7.44. The molecule has 0 amide bonds. The molecule has 1 saturated carbocycles. The summed E-state index contributed by atoms with van der Waals surface area (Å²) in [5.41, 5.74) is 0. The summed E-state index contributed by atoms with van der Waals surface area (Å²) in [5, 5.41) is 9.39. The van der Waals surface area contributed by atoms with Gasteiger partial charge in [-0.15, -0.1) is 10.2 Å². The Balaban J connectivity index is 1.74. The highest BCUT2D eigenvalue weighted by Crippen LogP contribution is 2.39. The molecule has 1 aliphatic carbocycles. The fourth-order valence-corrected chi connectivity index (χ4v) is 3.42. The van der Waals surface area contributed by atoms with Crippen LogP contribution in [0, 0.1) is 0 Å². The number of rotatable bonds is 7. The SMILES string of the molecule is COC(=O)[C@@H](C)Sc1nnc(COc2ccccc2Cl)n1C1CC1. The Morgan fingerprint density at radius 3 is 2.83 bits per heavy atom. The van der Waals surface area contributed by atoms with Crippen molar-refractivity contribution in [1.29, 1.82) is 0 Å². The third-order valence-corrected chi connectivity index (χ3v) is 5.00. The number of aromatic nitrogens is 3. The van der Waals surface area contributed by atoms with Crippen LogP contribution in [-0.2, 0) is 16.1 Å². The Kier molecular flexibility index (Phi) is 5.30. The molecule has 1 aliphatic rings. The van der Waals surface area contributed by atoms with Crippen molar-refractivity contribution < 1.29 is 14.3 Å². The van der Waals surface area contributed by atoms with Gasteiger partial charge in [-0.25, -0.2) is 0 Å². The molecule has 0 bridgehead atoms. The number of thioether (sulfide) groups is 1. The van der Waals surface area contributed by atoms with Crippen molar-refractivity contribution in [2.75, 3.05) is 7.11 Å². The van der Waals surface area contributed by atoms with E-state index in [1.165, 1.54) is 18.9 Å². The summed E-state index contributed by atoms with van der Waals surface area (Å²) in [5.74, 6) is 1.07. The summed E-state index contributed by atoms with van der Waals surface area (Å²) in [6, 6.07) is 7.69. The van der Waals surface area contributed by atoms with Crippen LogP contribution in [0.15, 0.2) is 29.4 Å². The first kappa shape index (κ1) is 17.1. The van der Waals surface area contributed by atoms with E-state index in [2.05, 4.69) is 14.8 Å². The van der Waals surface area contributed by atoms with E-state index in [1.54, 1.807) is 13.0 Å². The van der Waals surface area contributed by atoms with Crippen molar-refractivity contribution >= 4 is 29.3 Å². The van der Waals surface area contributed by atoms with Crippen LogP contribution in [0.5, 0.6) is 5.75 Å². The monoisotopic (exact) mass is 367 g/mol. The highest BCUT2D eigenvalue weighted by molar-refractivity contribution is 8.00. The van der Waals surface area contributed by atoms with Crippen LogP contribution in [0.1, 0.15) is 31.6 Å². The maximum atomic E-state index is 11.6. The molecule has 0 unspecified atom stereocenters. The van der Waals surface area contributed by atoms with Gasteiger partial charge in [-0.1, -0.05) is 35.5 Å². The Morgan fingerprint density at radius 2 is 2.17 bits per heavy atom. The van der Waals surface area contributed by atoms with Crippen LogP contribution in [0.2, 0.25) is 5.02 Å². The highest BCUT2D eigenvalue weighted by atomic mass is 35.5. The van der Waals surface area contributed by atoms with Gasteiger partial charge in [0.2, 0.25) is 0 Å². The van der Waals surface area contributed by atoms with Gasteiger partial charge in [0.15, 0.2) is 11.0 Å². The molecule has 0 aliphatic heterocycles. The maximum Gasteiger partial charge on any atom is 0.318 e. The lowest BCUT2D eigenvalue weighted by atomic mass is 10.3. The Bertz CT molecular complexity index is 733. The van der Waals surface area contributed by atoms with Crippen LogP contribution in [0.3, 0.4) is 0 Å². The molecule has 128 valence electrons. The summed E-state index contributed by atoms with van der Waals surface area (Å²) < 4.78 is 12.6. The lowest BCUT2D eigenvalue weighted by Crippen LogP contribution is -2.16.